The third-order valence-electron chi connectivity index (χ3n) is 3.96. The Labute approximate surface area is 72.8 Å². The van der Waals surface area contributed by atoms with E-state index in [0.717, 1.165) is 24.7 Å². The minimum atomic E-state index is 0.307. The topological polar surface area (TPSA) is 17.1 Å². The minimum Gasteiger partial charge on any atom is -0.299 e. The molecular formula is C11H14O. The van der Waals surface area contributed by atoms with Gasteiger partial charge in [-0.3, -0.25) is 4.79 Å². The standard InChI is InChI=1S/C11H14O/c12-11-9-3-1-7-5-10(11)4-2-8(7)6-9/h1,3,7-10H,2,4-6H2. The van der Waals surface area contributed by atoms with Crippen LogP contribution >= 0.6 is 0 Å². The summed E-state index contributed by atoms with van der Waals surface area (Å²) in [6.07, 6.45) is 9.30. The lowest BCUT2D eigenvalue weighted by molar-refractivity contribution is -0.125. The average molecular weight is 162 g/mol. The fourth-order valence-electron chi connectivity index (χ4n) is 3.25. The maximum atomic E-state index is 11.8. The van der Waals surface area contributed by atoms with E-state index in [1.165, 1.54) is 12.8 Å². The zero-order chi connectivity index (χ0) is 8.13. The largest absolute Gasteiger partial charge is 0.299 e. The van der Waals surface area contributed by atoms with Crippen molar-refractivity contribution < 1.29 is 4.79 Å². The first kappa shape index (κ1) is 6.88. The SMILES string of the molecule is O=C1C2C=CC3CC1CCC3C2. The molecule has 0 heterocycles. The number of carbonyl (C=O) groups excluding carboxylic acids is 1. The second-order valence-corrected chi connectivity index (χ2v) is 4.56. The van der Waals surface area contributed by atoms with Crippen LogP contribution in [0.2, 0.25) is 0 Å². The van der Waals surface area contributed by atoms with Gasteiger partial charge in [-0.15, -0.1) is 0 Å². The van der Waals surface area contributed by atoms with Crippen LogP contribution in [0.1, 0.15) is 25.7 Å². The molecule has 3 saturated carbocycles. The van der Waals surface area contributed by atoms with E-state index >= 15 is 0 Å². The molecule has 0 aromatic heterocycles. The molecule has 64 valence electrons. The van der Waals surface area contributed by atoms with Crippen LogP contribution in [-0.2, 0) is 4.79 Å². The highest BCUT2D eigenvalue weighted by Crippen LogP contribution is 2.47. The Morgan fingerprint density at radius 3 is 3.00 bits per heavy atom. The molecule has 3 fully saturated rings. The van der Waals surface area contributed by atoms with Gasteiger partial charge in [0.05, 0.1) is 0 Å². The molecule has 1 nitrogen and oxygen atoms in total. The molecule has 0 N–H and O–H groups in total. The van der Waals surface area contributed by atoms with Gasteiger partial charge in [0.15, 0.2) is 0 Å². The highest BCUT2D eigenvalue weighted by molar-refractivity contribution is 5.86. The summed E-state index contributed by atoms with van der Waals surface area (Å²) < 4.78 is 0. The van der Waals surface area contributed by atoms with E-state index in [-0.39, 0.29) is 0 Å². The van der Waals surface area contributed by atoms with Crippen molar-refractivity contribution in [3.05, 3.63) is 12.2 Å². The molecule has 0 saturated heterocycles. The van der Waals surface area contributed by atoms with Crippen LogP contribution in [0.4, 0.5) is 0 Å². The lowest BCUT2D eigenvalue weighted by atomic mass is 9.74. The molecule has 1 heteroatoms. The number of ketones is 1. The highest BCUT2D eigenvalue weighted by Gasteiger charge is 2.42. The van der Waals surface area contributed by atoms with Crippen molar-refractivity contribution in [2.75, 3.05) is 0 Å². The van der Waals surface area contributed by atoms with Crippen LogP contribution < -0.4 is 0 Å². The van der Waals surface area contributed by atoms with Crippen LogP contribution in [0.25, 0.3) is 0 Å². The molecule has 0 aliphatic heterocycles. The number of hydrogen-bond donors (Lipinski definition) is 0. The molecule has 5 aliphatic rings. The number of carbonyl (C=O) groups is 1. The molecular weight excluding hydrogens is 148 g/mol. The van der Waals surface area contributed by atoms with Gasteiger partial charge in [-0.2, -0.15) is 0 Å². The molecule has 5 rings (SSSR count). The fourth-order valence-corrected chi connectivity index (χ4v) is 3.25. The van der Waals surface area contributed by atoms with Crippen molar-refractivity contribution >= 4 is 5.78 Å². The predicted molar refractivity (Wildman–Crippen MR) is 46.6 cm³/mol. The Kier molecular flexibility index (Phi) is 1.27. The Morgan fingerprint density at radius 1 is 1.17 bits per heavy atom. The van der Waals surface area contributed by atoms with Gasteiger partial charge >= 0.3 is 0 Å². The Balaban J connectivity index is 2.07. The van der Waals surface area contributed by atoms with E-state index in [1.54, 1.807) is 0 Å². The predicted octanol–water partition coefficient (Wildman–Crippen LogP) is 2.18. The highest BCUT2D eigenvalue weighted by atomic mass is 16.1. The lowest BCUT2D eigenvalue weighted by Gasteiger charge is -2.30. The minimum absolute atomic E-state index is 0.307. The molecule has 4 atom stereocenters. The van der Waals surface area contributed by atoms with E-state index < -0.39 is 0 Å². The summed E-state index contributed by atoms with van der Waals surface area (Å²) in [5.74, 6) is 2.89. The lowest BCUT2D eigenvalue weighted by Crippen LogP contribution is -2.21. The third kappa shape index (κ3) is 0.769. The van der Waals surface area contributed by atoms with E-state index in [2.05, 4.69) is 12.2 Å². The first-order chi connectivity index (χ1) is 5.84. The van der Waals surface area contributed by atoms with Crippen LogP contribution in [0.5, 0.6) is 0 Å². The van der Waals surface area contributed by atoms with E-state index in [1.807, 2.05) is 0 Å². The summed E-state index contributed by atoms with van der Waals surface area (Å²) in [6.45, 7) is 0. The van der Waals surface area contributed by atoms with Gasteiger partial charge in [0.2, 0.25) is 0 Å². The zero-order valence-electron chi connectivity index (χ0n) is 7.20. The van der Waals surface area contributed by atoms with Crippen LogP contribution in [0.3, 0.4) is 0 Å². The molecule has 0 aromatic rings. The molecule has 0 spiro atoms. The zero-order valence-corrected chi connectivity index (χ0v) is 7.20. The smallest absolute Gasteiger partial charge is 0.142 e. The summed E-state index contributed by atoms with van der Waals surface area (Å²) in [7, 11) is 0. The second-order valence-electron chi connectivity index (χ2n) is 4.56. The monoisotopic (exact) mass is 162 g/mol. The van der Waals surface area contributed by atoms with Crippen molar-refractivity contribution in [1.82, 2.24) is 0 Å². The number of rotatable bonds is 0. The normalized spacial score (nSPS) is 49.8. The summed E-state index contributed by atoms with van der Waals surface area (Å²) in [5, 5.41) is 0. The van der Waals surface area contributed by atoms with Crippen molar-refractivity contribution in [1.29, 1.82) is 0 Å². The van der Waals surface area contributed by atoms with Gasteiger partial charge in [-0.1, -0.05) is 12.2 Å². The van der Waals surface area contributed by atoms with Crippen LogP contribution in [-0.4, -0.2) is 5.78 Å². The van der Waals surface area contributed by atoms with Crippen LogP contribution in [0, 0.1) is 23.7 Å². The number of fused-ring (bicyclic) bond motifs is 1. The summed E-state index contributed by atoms with van der Waals surface area (Å²) in [5.41, 5.74) is 0. The Hall–Kier alpha value is -0.590. The van der Waals surface area contributed by atoms with Gasteiger partial charge in [0, 0.05) is 11.8 Å². The number of hydrogen-bond acceptors (Lipinski definition) is 1. The van der Waals surface area contributed by atoms with Gasteiger partial charge in [-0.25, -0.2) is 0 Å². The van der Waals surface area contributed by atoms with Gasteiger partial charge in [0.1, 0.15) is 5.78 Å². The first-order valence-electron chi connectivity index (χ1n) is 5.06. The Morgan fingerprint density at radius 2 is 2.08 bits per heavy atom. The van der Waals surface area contributed by atoms with Gasteiger partial charge in [0.25, 0.3) is 0 Å². The van der Waals surface area contributed by atoms with Gasteiger partial charge in [-0.05, 0) is 37.5 Å². The molecule has 4 bridgehead atoms. The van der Waals surface area contributed by atoms with Crippen molar-refractivity contribution in [2.45, 2.75) is 25.7 Å². The first-order valence-corrected chi connectivity index (χ1v) is 5.06. The van der Waals surface area contributed by atoms with Crippen molar-refractivity contribution in [3.63, 3.8) is 0 Å². The van der Waals surface area contributed by atoms with Gasteiger partial charge < -0.3 is 0 Å². The molecule has 12 heavy (non-hydrogen) atoms. The van der Waals surface area contributed by atoms with E-state index in [0.29, 0.717) is 17.6 Å². The summed E-state index contributed by atoms with van der Waals surface area (Å²) >= 11 is 0. The average Bonchev–Trinajstić information content (AvgIpc) is 2.40. The maximum absolute atomic E-state index is 11.8. The second kappa shape index (κ2) is 2.21. The molecule has 5 aliphatic carbocycles. The third-order valence-corrected chi connectivity index (χ3v) is 3.96. The molecule has 0 aromatic carbocycles. The van der Waals surface area contributed by atoms with Crippen LogP contribution in [0.15, 0.2) is 12.2 Å². The molecule has 0 radical (unpaired) electrons. The van der Waals surface area contributed by atoms with E-state index in [9.17, 15) is 4.79 Å². The van der Waals surface area contributed by atoms with Crippen molar-refractivity contribution in [3.8, 4) is 0 Å². The molecule has 4 unspecified atom stereocenters. The number of allylic oxidation sites excluding steroid dienone is 2. The van der Waals surface area contributed by atoms with E-state index in [4.69, 9.17) is 0 Å². The summed E-state index contributed by atoms with van der Waals surface area (Å²) in [6, 6.07) is 0. The number of Topliss-reactive ketones (excluding diaryl/α,β-unsaturated/α-hetero) is 1. The fraction of sp³-hybridized carbons (Fsp3) is 0.727. The quantitative estimate of drug-likeness (QED) is 0.499. The Bertz CT molecular complexity index is 254. The maximum Gasteiger partial charge on any atom is 0.142 e. The molecule has 0 amide bonds. The van der Waals surface area contributed by atoms with Crippen molar-refractivity contribution in [2.24, 2.45) is 23.7 Å². The summed E-state index contributed by atoms with van der Waals surface area (Å²) in [4.78, 5) is 11.8.